The lowest BCUT2D eigenvalue weighted by atomic mass is 10.0. The maximum atomic E-state index is 13.4. The van der Waals surface area contributed by atoms with Crippen molar-refractivity contribution >= 4 is 46.0 Å². The summed E-state index contributed by atoms with van der Waals surface area (Å²) in [6.07, 6.45) is 2.69. The number of carbonyl (C=O) groups is 3. The predicted octanol–water partition coefficient (Wildman–Crippen LogP) is 7.52. The number of nitrogens with zero attached hydrogens (tertiary/aromatic N) is 2. The van der Waals surface area contributed by atoms with E-state index in [4.69, 9.17) is 0 Å². The number of amides is 1. The SMILES string of the molecule is O=C(/C=C/c1ccccc1[N+](=O)[O-])c1ccc(NC(=O)c2ccccc2-c2nc3cc(C(=O)c4ccccc4)ccc3[nH]2)cc1. The highest BCUT2D eigenvalue weighted by Gasteiger charge is 2.17. The Balaban J connectivity index is 1.18. The molecule has 5 aromatic carbocycles. The summed E-state index contributed by atoms with van der Waals surface area (Å²) in [6.45, 7) is 0. The number of imidazole rings is 1. The fourth-order valence-corrected chi connectivity index (χ4v) is 4.89. The van der Waals surface area contributed by atoms with Crippen LogP contribution in [-0.2, 0) is 0 Å². The van der Waals surface area contributed by atoms with Gasteiger partial charge in [-0.2, -0.15) is 0 Å². The van der Waals surface area contributed by atoms with Crippen LogP contribution in [0.2, 0.25) is 0 Å². The van der Waals surface area contributed by atoms with Crippen molar-refractivity contribution in [3.05, 3.63) is 165 Å². The Labute approximate surface area is 257 Å². The summed E-state index contributed by atoms with van der Waals surface area (Å²) in [6, 6.07) is 33.8. The second-order valence-electron chi connectivity index (χ2n) is 10.1. The van der Waals surface area contributed by atoms with Gasteiger partial charge in [-0.05, 0) is 66.7 Å². The number of fused-ring (bicyclic) bond motifs is 1. The number of aromatic nitrogens is 2. The molecular formula is C36H24N4O5. The van der Waals surface area contributed by atoms with Gasteiger partial charge in [0, 0.05) is 34.0 Å². The van der Waals surface area contributed by atoms with Gasteiger partial charge in [-0.1, -0.05) is 60.7 Å². The monoisotopic (exact) mass is 592 g/mol. The Morgan fingerprint density at radius 2 is 1.44 bits per heavy atom. The van der Waals surface area contributed by atoms with Crippen LogP contribution in [0.15, 0.2) is 127 Å². The van der Waals surface area contributed by atoms with Gasteiger partial charge in [-0.25, -0.2) is 4.98 Å². The average molecular weight is 593 g/mol. The molecule has 218 valence electrons. The molecule has 0 radical (unpaired) electrons. The molecule has 0 fully saturated rings. The molecule has 0 atom stereocenters. The molecule has 0 aliphatic rings. The summed E-state index contributed by atoms with van der Waals surface area (Å²) in [5, 5.41) is 14.1. The largest absolute Gasteiger partial charge is 0.338 e. The van der Waals surface area contributed by atoms with Crippen molar-refractivity contribution in [3.63, 3.8) is 0 Å². The number of benzene rings is 5. The van der Waals surface area contributed by atoms with Crippen molar-refractivity contribution in [2.24, 2.45) is 0 Å². The predicted molar refractivity (Wildman–Crippen MR) is 172 cm³/mol. The molecule has 2 N–H and O–H groups in total. The zero-order chi connectivity index (χ0) is 31.3. The van der Waals surface area contributed by atoms with Crippen LogP contribution in [0.3, 0.4) is 0 Å². The molecule has 0 aliphatic heterocycles. The van der Waals surface area contributed by atoms with Crippen molar-refractivity contribution in [2.45, 2.75) is 0 Å². The first-order valence-electron chi connectivity index (χ1n) is 13.9. The number of carbonyl (C=O) groups excluding carboxylic acids is 3. The van der Waals surface area contributed by atoms with Crippen molar-refractivity contribution in [1.29, 1.82) is 0 Å². The number of rotatable bonds is 9. The quantitative estimate of drug-likeness (QED) is 0.0772. The first-order chi connectivity index (χ1) is 21.9. The fourth-order valence-electron chi connectivity index (χ4n) is 4.89. The van der Waals surface area contributed by atoms with Gasteiger partial charge in [0.2, 0.25) is 0 Å². The molecule has 45 heavy (non-hydrogen) atoms. The number of nitrogens with one attached hydrogen (secondary N) is 2. The number of anilines is 1. The second-order valence-corrected chi connectivity index (χ2v) is 10.1. The number of nitro groups is 1. The number of aromatic amines is 1. The van der Waals surface area contributed by atoms with Crippen LogP contribution in [0.1, 0.15) is 42.2 Å². The Hall–Kier alpha value is -6.48. The number of para-hydroxylation sites is 1. The summed E-state index contributed by atoms with van der Waals surface area (Å²) in [5.41, 5.74) is 4.43. The van der Waals surface area contributed by atoms with Crippen molar-refractivity contribution in [2.75, 3.05) is 5.32 Å². The van der Waals surface area contributed by atoms with Crippen LogP contribution >= 0.6 is 0 Å². The molecule has 9 heteroatoms. The van der Waals surface area contributed by atoms with E-state index in [-0.39, 0.29) is 23.2 Å². The summed E-state index contributed by atoms with van der Waals surface area (Å²) in [7, 11) is 0. The smallest absolute Gasteiger partial charge is 0.276 e. The van der Waals surface area contributed by atoms with Crippen molar-refractivity contribution in [1.82, 2.24) is 9.97 Å². The van der Waals surface area contributed by atoms with E-state index in [1.165, 1.54) is 18.2 Å². The van der Waals surface area contributed by atoms with Gasteiger partial charge in [0.25, 0.3) is 11.6 Å². The third kappa shape index (κ3) is 6.18. The number of hydrogen-bond acceptors (Lipinski definition) is 6. The van der Waals surface area contributed by atoms with Crippen LogP contribution in [-0.4, -0.2) is 32.4 Å². The van der Waals surface area contributed by atoms with E-state index < -0.39 is 4.92 Å². The second kappa shape index (κ2) is 12.4. The molecule has 0 spiro atoms. The topological polar surface area (TPSA) is 135 Å². The molecule has 1 aromatic heterocycles. The summed E-state index contributed by atoms with van der Waals surface area (Å²) < 4.78 is 0. The molecule has 9 nitrogen and oxygen atoms in total. The van der Waals surface area contributed by atoms with Gasteiger partial charge in [0.15, 0.2) is 11.6 Å². The maximum Gasteiger partial charge on any atom is 0.276 e. The minimum absolute atomic E-state index is 0.0922. The average Bonchev–Trinajstić information content (AvgIpc) is 3.51. The van der Waals surface area contributed by atoms with Crippen molar-refractivity contribution < 1.29 is 19.3 Å². The molecule has 0 aliphatic carbocycles. The van der Waals surface area contributed by atoms with E-state index in [0.29, 0.717) is 50.4 Å². The molecule has 6 aromatic rings. The fraction of sp³-hybridized carbons (Fsp3) is 0. The van der Waals surface area contributed by atoms with Gasteiger partial charge in [0.1, 0.15) is 5.82 Å². The van der Waals surface area contributed by atoms with Crippen LogP contribution in [0, 0.1) is 10.1 Å². The lowest BCUT2D eigenvalue weighted by Gasteiger charge is -2.09. The van der Waals surface area contributed by atoms with E-state index in [0.717, 1.165) is 5.52 Å². The number of allylic oxidation sites excluding steroid dienone is 1. The highest BCUT2D eigenvalue weighted by Crippen LogP contribution is 2.26. The molecule has 0 unspecified atom stereocenters. The highest BCUT2D eigenvalue weighted by atomic mass is 16.6. The molecule has 0 saturated heterocycles. The van der Waals surface area contributed by atoms with E-state index in [1.54, 1.807) is 91.0 Å². The molecular weight excluding hydrogens is 568 g/mol. The first kappa shape index (κ1) is 28.6. The summed E-state index contributed by atoms with van der Waals surface area (Å²) in [5.74, 6) is -0.339. The molecule has 6 rings (SSSR count). The Bertz CT molecular complexity index is 2120. The zero-order valence-electron chi connectivity index (χ0n) is 23.6. The first-order valence-corrected chi connectivity index (χ1v) is 13.9. The van der Waals surface area contributed by atoms with Gasteiger partial charge in [-0.15, -0.1) is 0 Å². The van der Waals surface area contributed by atoms with Crippen LogP contribution < -0.4 is 5.32 Å². The van der Waals surface area contributed by atoms with Crippen LogP contribution in [0.25, 0.3) is 28.5 Å². The summed E-state index contributed by atoms with van der Waals surface area (Å²) in [4.78, 5) is 57.6. The third-order valence-electron chi connectivity index (χ3n) is 7.18. The standard InChI is InChI=1S/C36H24N4O5/c41-33(21-17-23-8-4-7-13-32(23)40(44)45)24-14-18-27(19-15-24)37-36(43)29-12-6-5-11-28(29)35-38-30-20-16-26(22-31(30)39-35)34(42)25-9-2-1-3-10-25/h1-22H,(H,37,43)(H,38,39)/b21-17+. The van der Waals surface area contributed by atoms with Gasteiger partial charge in [-0.3, -0.25) is 24.5 Å². The zero-order valence-corrected chi connectivity index (χ0v) is 23.6. The van der Waals surface area contributed by atoms with Gasteiger partial charge >= 0.3 is 0 Å². The van der Waals surface area contributed by atoms with Gasteiger partial charge < -0.3 is 10.3 Å². The lowest BCUT2D eigenvalue weighted by Crippen LogP contribution is -2.13. The molecule has 1 amide bonds. The van der Waals surface area contributed by atoms with Gasteiger partial charge in [0.05, 0.1) is 27.1 Å². The van der Waals surface area contributed by atoms with E-state index >= 15 is 0 Å². The maximum absolute atomic E-state index is 13.4. The number of nitro benzene ring substituents is 1. The Morgan fingerprint density at radius 3 is 2.22 bits per heavy atom. The van der Waals surface area contributed by atoms with Crippen LogP contribution in [0.4, 0.5) is 11.4 Å². The molecule has 1 heterocycles. The number of ketones is 2. The Morgan fingerprint density at radius 1 is 0.756 bits per heavy atom. The highest BCUT2D eigenvalue weighted by molar-refractivity contribution is 6.11. The lowest BCUT2D eigenvalue weighted by molar-refractivity contribution is -0.385. The molecule has 0 bridgehead atoms. The minimum atomic E-state index is -0.501. The van der Waals surface area contributed by atoms with E-state index in [1.807, 2.05) is 24.3 Å². The van der Waals surface area contributed by atoms with Crippen molar-refractivity contribution in [3.8, 4) is 11.4 Å². The third-order valence-corrected chi connectivity index (χ3v) is 7.18. The van der Waals surface area contributed by atoms with Crippen LogP contribution in [0.5, 0.6) is 0 Å². The summed E-state index contributed by atoms with van der Waals surface area (Å²) >= 11 is 0. The normalized spacial score (nSPS) is 11.0. The van der Waals surface area contributed by atoms with E-state index in [2.05, 4.69) is 15.3 Å². The van der Waals surface area contributed by atoms with E-state index in [9.17, 15) is 24.5 Å². The Kier molecular flexibility index (Phi) is 7.89. The minimum Gasteiger partial charge on any atom is -0.338 e. The molecule has 0 saturated carbocycles. The number of H-pyrrole nitrogens is 1. The number of hydrogen-bond donors (Lipinski definition) is 2.